The van der Waals surface area contributed by atoms with Gasteiger partial charge in [-0.15, -0.1) is 0 Å². The standard InChI is InChI=1S/C14H19N3O2/c1-10(5-6-15)11-3-2-4-12(7-11)17-9-13(18)16-8-14(17)19/h2-4,7,10H,5-6,8-9,15H2,1H3,(H,16,18). The predicted octanol–water partition coefficient (Wildman–Crippen LogP) is 0.602. The van der Waals surface area contributed by atoms with Crippen LogP contribution >= 0.6 is 0 Å². The first-order valence-corrected chi connectivity index (χ1v) is 6.49. The van der Waals surface area contributed by atoms with E-state index in [4.69, 9.17) is 5.73 Å². The average molecular weight is 261 g/mol. The third-order valence-electron chi connectivity index (χ3n) is 3.39. The van der Waals surface area contributed by atoms with Crippen molar-refractivity contribution >= 4 is 17.5 Å². The van der Waals surface area contributed by atoms with Gasteiger partial charge in [0.25, 0.3) is 0 Å². The maximum atomic E-state index is 11.8. The van der Waals surface area contributed by atoms with Gasteiger partial charge in [-0.3, -0.25) is 9.59 Å². The zero-order chi connectivity index (χ0) is 13.8. The fraction of sp³-hybridized carbons (Fsp3) is 0.429. The van der Waals surface area contributed by atoms with Gasteiger partial charge in [0.15, 0.2) is 0 Å². The van der Waals surface area contributed by atoms with Crippen LogP contribution in [0, 0.1) is 0 Å². The van der Waals surface area contributed by atoms with Gasteiger partial charge in [-0.1, -0.05) is 19.1 Å². The second kappa shape index (κ2) is 5.84. The first kappa shape index (κ1) is 13.5. The Morgan fingerprint density at radius 3 is 2.95 bits per heavy atom. The fourth-order valence-electron chi connectivity index (χ4n) is 2.21. The zero-order valence-corrected chi connectivity index (χ0v) is 11.1. The van der Waals surface area contributed by atoms with E-state index in [2.05, 4.69) is 12.2 Å². The minimum Gasteiger partial charge on any atom is -0.345 e. The summed E-state index contributed by atoms with van der Waals surface area (Å²) < 4.78 is 0. The topological polar surface area (TPSA) is 75.4 Å². The van der Waals surface area contributed by atoms with Crippen LogP contribution in [0.15, 0.2) is 24.3 Å². The normalized spacial score (nSPS) is 17.3. The van der Waals surface area contributed by atoms with Gasteiger partial charge in [-0.25, -0.2) is 0 Å². The van der Waals surface area contributed by atoms with Gasteiger partial charge in [0, 0.05) is 5.69 Å². The highest BCUT2D eigenvalue weighted by Crippen LogP contribution is 2.24. The molecular formula is C14H19N3O2. The SMILES string of the molecule is CC(CCN)c1cccc(N2CC(=O)NCC2=O)c1. The Bertz CT molecular complexity index is 487. The van der Waals surface area contributed by atoms with Gasteiger partial charge in [0.1, 0.15) is 6.54 Å². The molecule has 5 heteroatoms. The molecular weight excluding hydrogens is 242 g/mol. The molecule has 0 aromatic heterocycles. The van der Waals surface area contributed by atoms with Crippen molar-refractivity contribution in [3.63, 3.8) is 0 Å². The highest BCUT2D eigenvalue weighted by molar-refractivity contribution is 6.04. The van der Waals surface area contributed by atoms with E-state index < -0.39 is 0 Å². The van der Waals surface area contributed by atoms with Crippen molar-refractivity contribution in [2.75, 3.05) is 24.5 Å². The molecule has 0 aliphatic carbocycles. The average Bonchev–Trinajstić information content (AvgIpc) is 2.42. The second-order valence-electron chi connectivity index (χ2n) is 4.83. The molecule has 2 rings (SSSR count). The van der Waals surface area contributed by atoms with Crippen LogP contribution in [0.3, 0.4) is 0 Å². The van der Waals surface area contributed by atoms with E-state index in [-0.39, 0.29) is 24.9 Å². The Kier molecular flexibility index (Phi) is 4.16. The minimum atomic E-state index is -0.125. The third kappa shape index (κ3) is 3.12. The number of hydrogen-bond acceptors (Lipinski definition) is 3. The van der Waals surface area contributed by atoms with Crippen LogP contribution in [0.2, 0.25) is 0 Å². The fourth-order valence-corrected chi connectivity index (χ4v) is 2.21. The van der Waals surface area contributed by atoms with E-state index in [1.165, 1.54) is 4.90 Å². The van der Waals surface area contributed by atoms with Gasteiger partial charge in [0.2, 0.25) is 11.8 Å². The Morgan fingerprint density at radius 1 is 1.42 bits per heavy atom. The Labute approximate surface area is 112 Å². The summed E-state index contributed by atoms with van der Waals surface area (Å²) >= 11 is 0. The van der Waals surface area contributed by atoms with E-state index in [0.29, 0.717) is 12.5 Å². The lowest BCUT2D eigenvalue weighted by atomic mass is 9.97. The molecule has 19 heavy (non-hydrogen) atoms. The summed E-state index contributed by atoms with van der Waals surface area (Å²) in [7, 11) is 0. The van der Waals surface area contributed by atoms with Crippen molar-refractivity contribution in [2.45, 2.75) is 19.3 Å². The molecule has 1 aromatic carbocycles. The van der Waals surface area contributed by atoms with Crippen LogP contribution in [0.1, 0.15) is 24.8 Å². The summed E-state index contributed by atoms with van der Waals surface area (Å²) in [6, 6.07) is 7.77. The van der Waals surface area contributed by atoms with Crippen LogP contribution in [0.25, 0.3) is 0 Å². The molecule has 0 bridgehead atoms. The number of amides is 2. The number of piperazine rings is 1. The number of rotatable bonds is 4. The Morgan fingerprint density at radius 2 is 2.21 bits per heavy atom. The zero-order valence-electron chi connectivity index (χ0n) is 11.1. The van der Waals surface area contributed by atoms with Crippen molar-refractivity contribution in [2.24, 2.45) is 5.73 Å². The van der Waals surface area contributed by atoms with Crippen LogP contribution in [-0.4, -0.2) is 31.4 Å². The number of nitrogens with two attached hydrogens (primary N) is 1. The molecule has 1 fully saturated rings. The number of nitrogens with one attached hydrogen (secondary N) is 1. The number of carbonyl (C=O) groups excluding carboxylic acids is 2. The van der Waals surface area contributed by atoms with Crippen molar-refractivity contribution in [1.82, 2.24) is 5.32 Å². The molecule has 2 amide bonds. The van der Waals surface area contributed by atoms with Gasteiger partial charge in [-0.05, 0) is 36.6 Å². The molecule has 1 aliphatic rings. The number of anilines is 1. The molecule has 0 spiro atoms. The smallest absolute Gasteiger partial charge is 0.246 e. The van der Waals surface area contributed by atoms with E-state index in [9.17, 15) is 9.59 Å². The third-order valence-corrected chi connectivity index (χ3v) is 3.39. The Balaban J connectivity index is 2.22. The molecule has 1 unspecified atom stereocenters. The molecule has 1 aliphatic heterocycles. The van der Waals surface area contributed by atoms with Crippen LogP contribution < -0.4 is 16.0 Å². The lowest BCUT2D eigenvalue weighted by Crippen LogP contribution is -2.51. The summed E-state index contributed by atoms with van der Waals surface area (Å²) in [4.78, 5) is 24.8. The largest absolute Gasteiger partial charge is 0.345 e. The maximum absolute atomic E-state index is 11.8. The molecule has 1 atom stereocenters. The van der Waals surface area contributed by atoms with Gasteiger partial charge in [0.05, 0.1) is 6.54 Å². The summed E-state index contributed by atoms with van der Waals surface area (Å²) in [5.41, 5.74) is 7.49. The Hall–Kier alpha value is -1.88. The lowest BCUT2D eigenvalue weighted by Gasteiger charge is -2.27. The summed E-state index contributed by atoms with van der Waals surface area (Å²) in [5.74, 6) is 0.141. The molecule has 5 nitrogen and oxygen atoms in total. The van der Waals surface area contributed by atoms with Crippen LogP contribution in [-0.2, 0) is 9.59 Å². The van der Waals surface area contributed by atoms with Crippen molar-refractivity contribution in [1.29, 1.82) is 0 Å². The highest BCUT2D eigenvalue weighted by Gasteiger charge is 2.24. The van der Waals surface area contributed by atoms with E-state index in [1.807, 2.05) is 24.3 Å². The van der Waals surface area contributed by atoms with Crippen molar-refractivity contribution < 1.29 is 9.59 Å². The van der Waals surface area contributed by atoms with Gasteiger partial charge < -0.3 is 16.0 Å². The van der Waals surface area contributed by atoms with Crippen molar-refractivity contribution in [3.8, 4) is 0 Å². The molecule has 3 N–H and O–H groups in total. The van der Waals surface area contributed by atoms with E-state index in [1.54, 1.807) is 0 Å². The summed E-state index contributed by atoms with van der Waals surface area (Å²) in [6.07, 6.45) is 0.901. The first-order valence-electron chi connectivity index (χ1n) is 6.49. The second-order valence-corrected chi connectivity index (χ2v) is 4.83. The maximum Gasteiger partial charge on any atom is 0.246 e. The number of hydrogen-bond donors (Lipinski definition) is 2. The van der Waals surface area contributed by atoms with Crippen LogP contribution in [0.4, 0.5) is 5.69 Å². The molecule has 1 heterocycles. The first-order chi connectivity index (χ1) is 9.11. The highest BCUT2D eigenvalue weighted by atomic mass is 16.2. The quantitative estimate of drug-likeness (QED) is 0.833. The van der Waals surface area contributed by atoms with Gasteiger partial charge in [-0.2, -0.15) is 0 Å². The van der Waals surface area contributed by atoms with E-state index >= 15 is 0 Å². The molecule has 1 saturated heterocycles. The molecule has 0 saturated carbocycles. The monoisotopic (exact) mass is 261 g/mol. The van der Waals surface area contributed by atoms with Crippen molar-refractivity contribution in [3.05, 3.63) is 29.8 Å². The summed E-state index contributed by atoms with van der Waals surface area (Å²) in [6.45, 7) is 2.90. The minimum absolute atomic E-state index is 0.0708. The number of nitrogens with zero attached hydrogens (tertiary/aromatic N) is 1. The van der Waals surface area contributed by atoms with Gasteiger partial charge >= 0.3 is 0 Å². The number of benzene rings is 1. The summed E-state index contributed by atoms with van der Waals surface area (Å²) in [5, 5.41) is 2.54. The number of carbonyl (C=O) groups is 2. The van der Waals surface area contributed by atoms with Crippen LogP contribution in [0.5, 0.6) is 0 Å². The lowest BCUT2D eigenvalue weighted by molar-refractivity contribution is -0.128. The van der Waals surface area contributed by atoms with E-state index in [0.717, 1.165) is 17.7 Å². The molecule has 0 radical (unpaired) electrons. The predicted molar refractivity (Wildman–Crippen MR) is 73.9 cm³/mol. The molecule has 102 valence electrons. The molecule has 1 aromatic rings.